The molecule has 5 heteroatoms. The lowest BCUT2D eigenvalue weighted by Gasteiger charge is -2.38. The fourth-order valence-corrected chi connectivity index (χ4v) is 4.25. The van der Waals surface area contributed by atoms with E-state index in [0.717, 1.165) is 51.0 Å². The molecule has 0 radical (unpaired) electrons. The van der Waals surface area contributed by atoms with Crippen LogP contribution >= 0.6 is 0 Å². The molecule has 2 aromatic rings. The molecule has 3 heterocycles. The van der Waals surface area contributed by atoms with Gasteiger partial charge in [-0.15, -0.1) is 0 Å². The van der Waals surface area contributed by atoms with E-state index in [9.17, 15) is 9.18 Å². The van der Waals surface area contributed by atoms with Gasteiger partial charge in [-0.25, -0.2) is 4.39 Å². The third-order valence-corrected chi connectivity index (χ3v) is 5.83. The van der Waals surface area contributed by atoms with Crippen molar-refractivity contribution in [3.8, 4) is 0 Å². The Balaban J connectivity index is 1.36. The van der Waals surface area contributed by atoms with Crippen LogP contribution in [0.3, 0.4) is 0 Å². The van der Waals surface area contributed by atoms with Crippen LogP contribution in [0.1, 0.15) is 30.4 Å². The van der Waals surface area contributed by atoms with Crippen LogP contribution in [0.25, 0.3) is 0 Å². The van der Waals surface area contributed by atoms with Gasteiger partial charge >= 0.3 is 0 Å². The van der Waals surface area contributed by atoms with E-state index in [1.165, 1.54) is 17.7 Å². The van der Waals surface area contributed by atoms with Crippen LogP contribution < -0.4 is 0 Å². The number of carbonyl (C=O) groups excluding carboxylic acids is 1. The highest BCUT2D eigenvalue weighted by molar-refractivity contribution is 5.85. The predicted octanol–water partition coefficient (Wildman–Crippen LogP) is 3.24. The molecule has 1 aromatic heterocycles. The first kappa shape index (κ1) is 17.2. The Bertz CT molecular complexity index is 772. The maximum atomic E-state index is 13.4. The number of amides is 1. The second kappa shape index (κ2) is 7.16. The number of nitrogens with zero attached hydrogens (tertiary/aromatic N) is 3. The number of likely N-dealkylation sites (tertiary alicyclic amines) is 2. The van der Waals surface area contributed by atoms with Gasteiger partial charge in [0.15, 0.2) is 0 Å². The molecule has 2 aliphatic rings. The number of hydrogen-bond acceptors (Lipinski definition) is 3. The van der Waals surface area contributed by atoms with Crippen molar-refractivity contribution in [2.24, 2.45) is 5.41 Å². The number of carbonyl (C=O) groups is 1. The van der Waals surface area contributed by atoms with Crippen molar-refractivity contribution < 1.29 is 9.18 Å². The molecular weight excluding hydrogens is 329 g/mol. The van der Waals surface area contributed by atoms with Crippen molar-refractivity contribution in [2.45, 2.75) is 32.4 Å². The molecule has 1 aromatic carbocycles. The van der Waals surface area contributed by atoms with E-state index in [4.69, 9.17) is 0 Å². The van der Waals surface area contributed by atoms with Gasteiger partial charge in [-0.2, -0.15) is 0 Å². The zero-order chi connectivity index (χ0) is 18.0. The zero-order valence-electron chi connectivity index (χ0n) is 14.9. The first-order valence-electron chi connectivity index (χ1n) is 9.30. The van der Waals surface area contributed by atoms with Crippen molar-refractivity contribution in [1.29, 1.82) is 0 Å². The summed E-state index contributed by atoms with van der Waals surface area (Å²) in [4.78, 5) is 21.4. The average Bonchev–Trinajstić information content (AvgIpc) is 2.94. The number of pyridine rings is 1. The molecule has 1 spiro atoms. The summed E-state index contributed by atoms with van der Waals surface area (Å²) in [5.41, 5.74) is 1.93. The number of aromatic nitrogens is 1. The number of hydrogen-bond donors (Lipinski definition) is 0. The lowest BCUT2D eigenvalue weighted by molar-refractivity contribution is -0.138. The van der Waals surface area contributed by atoms with Crippen molar-refractivity contribution in [3.63, 3.8) is 0 Å². The maximum Gasteiger partial charge on any atom is 0.229 e. The molecule has 26 heavy (non-hydrogen) atoms. The Morgan fingerprint density at radius 2 is 1.69 bits per heavy atom. The fraction of sp³-hybridized carbons (Fsp3) is 0.429. The minimum atomic E-state index is -0.242. The topological polar surface area (TPSA) is 36.4 Å². The van der Waals surface area contributed by atoms with Crippen LogP contribution in [0.15, 0.2) is 48.8 Å². The predicted molar refractivity (Wildman–Crippen MR) is 97.6 cm³/mol. The summed E-state index contributed by atoms with van der Waals surface area (Å²) in [6.45, 7) is 4.10. The summed E-state index contributed by atoms with van der Waals surface area (Å²) in [5.74, 6) is 0.0126. The first-order valence-corrected chi connectivity index (χ1v) is 9.30. The van der Waals surface area contributed by atoms with E-state index in [2.05, 4.69) is 9.88 Å². The minimum Gasteiger partial charge on any atom is -0.338 e. The van der Waals surface area contributed by atoms with Crippen LogP contribution in [-0.2, 0) is 17.9 Å². The molecule has 0 bridgehead atoms. The van der Waals surface area contributed by atoms with E-state index in [-0.39, 0.29) is 17.1 Å². The number of rotatable bonds is 4. The number of halogens is 1. The highest BCUT2D eigenvalue weighted by Crippen LogP contribution is 2.42. The summed E-state index contributed by atoms with van der Waals surface area (Å²) in [6, 6.07) is 10.7. The molecule has 136 valence electrons. The highest BCUT2D eigenvalue weighted by Gasteiger charge is 2.47. The van der Waals surface area contributed by atoms with Gasteiger partial charge < -0.3 is 4.90 Å². The van der Waals surface area contributed by atoms with E-state index in [0.29, 0.717) is 6.54 Å². The van der Waals surface area contributed by atoms with E-state index >= 15 is 0 Å². The van der Waals surface area contributed by atoms with Crippen LogP contribution in [0.5, 0.6) is 0 Å². The number of piperidine rings is 1. The number of benzene rings is 1. The van der Waals surface area contributed by atoms with Crippen LogP contribution in [0.4, 0.5) is 4.39 Å². The molecule has 2 aliphatic heterocycles. The van der Waals surface area contributed by atoms with Crippen molar-refractivity contribution in [3.05, 3.63) is 65.7 Å². The standard InChI is InChI=1S/C21H24FN3O/c22-19-3-1-2-18(14-19)16-25-13-8-21(20(25)26)6-11-24(12-7-21)15-17-4-9-23-10-5-17/h1-5,9-10,14H,6-8,11-13,15-16H2. The Hall–Kier alpha value is -2.27. The molecule has 0 saturated carbocycles. The van der Waals surface area contributed by atoms with E-state index in [1.807, 2.05) is 35.5 Å². The van der Waals surface area contributed by atoms with Gasteiger partial charge in [-0.1, -0.05) is 12.1 Å². The zero-order valence-corrected chi connectivity index (χ0v) is 14.9. The second-order valence-corrected chi connectivity index (χ2v) is 7.52. The van der Waals surface area contributed by atoms with Gasteiger partial charge in [0.25, 0.3) is 0 Å². The average molecular weight is 353 g/mol. The molecule has 4 nitrogen and oxygen atoms in total. The normalized spacial score (nSPS) is 20.0. The van der Waals surface area contributed by atoms with Gasteiger partial charge in [0.2, 0.25) is 5.91 Å². The van der Waals surface area contributed by atoms with Crippen molar-refractivity contribution in [1.82, 2.24) is 14.8 Å². The molecule has 4 rings (SSSR count). The minimum absolute atomic E-state index is 0.206. The quantitative estimate of drug-likeness (QED) is 0.847. The third-order valence-electron chi connectivity index (χ3n) is 5.83. The van der Waals surface area contributed by atoms with Crippen molar-refractivity contribution in [2.75, 3.05) is 19.6 Å². The maximum absolute atomic E-state index is 13.4. The first-order chi connectivity index (χ1) is 12.6. The summed E-state index contributed by atoms with van der Waals surface area (Å²) in [7, 11) is 0. The molecule has 2 saturated heterocycles. The van der Waals surface area contributed by atoms with E-state index < -0.39 is 0 Å². The summed E-state index contributed by atoms with van der Waals surface area (Å²) in [5, 5.41) is 0. The molecular formula is C21H24FN3O. The van der Waals surface area contributed by atoms with Gasteiger partial charge in [0, 0.05) is 32.0 Å². The molecule has 0 aliphatic carbocycles. The highest BCUT2D eigenvalue weighted by atomic mass is 19.1. The van der Waals surface area contributed by atoms with Gasteiger partial charge in [-0.05, 0) is 67.7 Å². The molecule has 0 N–H and O–H groups in total. The lowest BCUT2D eigenvalue weighted by Crippen LogP contribution is -2.44. The third kappa shape index (κ3) is 3.49. The van der Waals surface area contributed by atoms with Gasteiger partial charge in [0.05, 0.1) is 5.41 Å². The molecule has 0 atom stereocenters. The monoisotopic (exact) mass is 353 g/mol. The largest absolute Gasteiger partial charge is 0.338 e. The molecule has 2 fully saturated rings. The second-order valence-electron chi connectivity index (χ2n) is 7.52. The Morgan fingerprint density at radius 3 is 2.42 bits per heavy atom. The Morgan fingerprint density at radius 1 is 0.962 bits per heavy atom. The summed E-state index contributed by atoms with van der Waals surface area (Å²) >= 11 is 0. The van der Waals surface area contributed by atoms with Crippen LogP contribution in [-0.4, -0.2) is 40.3 Å². The molecule has 0 unspecified atom stereocenters. The SMILES string of the molecule is O=C1N(Cc2cccc(F)c2)CCC12CCN(Cc1ccncc1)CC2. The summed E-state index contributed by atoms with van der Waals surface area (Å²) in [6.07, 6.45) is 6.40. The molecule has 1 amide bonds. The van der Waals surface area contributed by atoms with E-state index in [1.54, 1.807) is 6.07 Å². The van der Waals surface area contributed by atoms with Crippen LogP contribution in [0, 0.1) is 11.2 Å². The Labute approximate surface area is 153 Å². The Kier molecular flexibility index (Phi) is 4.72. The van der Waals surface area contributed by atoms with Gasteiger partial charge in [0.1, 0.15) is 5.82 Å². The lowest BCUT2D eigenvalue weighted by atomic mass is 9.77. The van der Waals surface area contributed by atoms with Crippen LogP contribution in [0.2, 0.25) is 0 Å². The summed E-state index contributed by atoms with van der Waals surface area (Å²) < 4.78 is 13.4. The van der Waals surface area contributed by atoms with Gasteiger partial charge in [-0.3, -0.25) is 14.7 Å². The van der Waals surface area contributed by atoms with Crippen molar-refractivity contribution >= 4 is 5.91 Å². The smallest absolute Gasteiger partial charge is 0.229 e. The fourth-order valence-electron chi connectivity index (χ4n) is 4.25.